The van der Waals surface area contributed by atoms with Crippen LogP contribution in [0.15, 0.2) is 67.1 Å². The average molecular weight is 336 g/mol. The minimum absolute atomic E-state index is 0.686. The largest absolute Gasteiger partial charge is 0.327 e. The molecule has 0 fully saturated rings. The number of hydrogen-bond acceptors (Lipinski definition) is 4. The van der Waals surface area contributed by atoms with E-state index in [1.807, 2.05) is 71.2 Å². The number of fused-ring (bicyclic) bond motifs is 1. The average Bonchev–Trinajstić information content (AvgIpc) is 3.05. The van der Waals surface area contributed by atoms with Crippen LogP contribution in [0.2, 0.25) is 5.02 Å². The van der Waals surface area contributed by atoms with Gasteiger partial charge in [0.15, 0.2) is 11.5 Å². The highest BCUT2D eigenvalue weighted by Crippen LogP contribution is 2.25. The molecule has 0 aliphatic rings. The smallest absolute Gasteiger partial charge is 0.154 e. The molecule has 0 bridgehead atoms. The van der Waals surface area contributed by atoms with Gasteiger partial charge in [-0.3, -0.25) is 4.98 Å². The van der Waals surface area contributed by atoms with Crippen molar-refractivity contribution in [3.63, 3.8) is 0 Å². The Morgan fingerprint density at radius 2 is 1.96 bits per heavy atom. The summed E-state index contributed by atoms with van der Waals surface area (Å²) in [5.41, 5.74) is 3.62. The predicted octanol–water partition coefficient (Wildman–Crippen LogP) is 4.21. The molecule has 0 aliphatic heterocycles. The van der Waals surface area contributed by atoms with Crippen molar-refractivity contribution in [3.05, 3.63) is 72.1 Å². The van der Waals surface area contributed by atoms with E-state index in [0.29, 0.717) is 5.02 Å². The van der Waals surface area contributed by atoms with Gasteiger partial charge in [-0.1, -0.05) is 23.7 Å². The molecule has 0 spiro atoms. The summed E-state index contributed by atoms with van der Waals surface area (Å²) in [7, 11) is 1.96. The molecule has 0 amide bonds. The molecular weight excluding hydrogens is 322 g/mol. The monoisotopic (exact) mass is 335 g/mol. The summed E-state index contributed by atoms with van der Waals surface area (Å²) in [5, 5.41) is 5.41. The molecule has 0 atom stereocenters. The first-order valence-corrected chi connectivity index (χ1v) is 7.85. The molecule has 4 rings (SSSR count). The lowest BCUT2D eigenvalue weighted by Gasteiger charge is -2.17. The Morgan fingerprint density at radius 3 is 2.75 bits per heavy atom. The van der Waals surface area contributed by atoms with E-state index in [-0.39, 0.29) is 0 Å². The highest BCUT2D eigenvalue weighted by molar-refractivity contribution is 6.30. The topological polar surface area (TPSA) is 46.3 Å². The van der Waals surface area contributed by atoms with Gasteiger partial charge in [-0.2, -0.15) is 0 Å². The van der Waals surface area contributed by atoms with Gasteiger partial charge in [0.05, 0.1) is 23.8 Å². The maximum atomic E-state index is 6.11. The number of halogens is 1. The van der Waals surface area contributed by atoms with Crippen LogP contribution in [0.1, 0.15) is 0 Å². The highest BCUT2D eigenvalue weighted by Gasteiger charge is 2.11. The molecule has 0 saturated heterocycles. The second kappa shape index (κ2) is 5.94. The maximum Gasteiger partial charge on any atom is 0.154 e. The van der Waals surface area contributed by atoms with Gasteiger partial charge in [0, 0.05) is 23.8 Å². The fourth-order valence-corrected chi connectivity index (χ4v) is 2.76. The Kier molecular flexibility index (Phi) is 3.63. The van der Waals surface area contributed by atoms with E-state index < -0.39 is 0 Å². The van der Waals surface area contributed by atoms with E-state index in [2.05, 4.69) is 9.97 Å². The van der Waals surface area contributed by atoms with Gasteiger partial charge in [-0.05, 0) is 36.4 Å². The Hall–Kier alpha value is -2.92. The first-order chi connectivity index (χ1) is 11.7. The summed E-state index contributed by atoms with van der Waals surface area (Å²) in [4.78, 5) is 10.6. The van der Waals surface area contributed by atoms with E-state index in [1.54, 1.807) is 12.4 Å². The summed E-state index contributed by atoms with van der Waals surface area (Å²) in [5.74, 6) is 0.803. The molecular formula is C18H14ClN5. The van der Waals surface area contributed by atoms with Crippen LogP contribution < -0.4 is 4.90 Å². The molecule has 0 N–H and O–H groups in total. The molecule has 24 heavy (non-hydrogen) atoms. The van der Waals surface area contributed by atoms with Gasteiger partial charge in [0.2, 0.25) is 0 Å². The number of anilines is 2. The Labute approximate surface area is 144 Å². The number of aromatic nitrogens is 4. The molecule has 3 heterocycles. The second-order valence-electron chi connectivity index (χ2n) is 5.39. The summed E-state index contributed by atoms with van der Waals surface area (Å²) >= 11 is 6.11. The molecule has 1 aromatic carbocycles. The van der Waals surface area contributed by atoms with Gasteiger partial charge in [-0.25, -0.2) is 9.50 Å². The van der Waals surface area contributed by atoms with Crippen molar-refractivity contribution >= 4 is 28.8 Å². The zero-order valence-corrected chi connectivity index (χ0v) is 13.7. The molecule has 0 aliphatic carbocycles. The van der Waals surface area contributed by atoms with Crippen molar-refractivity contribution in [2.45, 2.75) is 0 Å². The molecule has 5 nitrogen and oxygen atoms in total. The van der Waals surface area contributed by atoms with E-state index in [1.165, 1.54) is 0 Å². The van der Waals surface area contributed by atoms with Crippen LogP contribution in [0, 0.1) is 0 Å². The molecule has 0 unspecified atom stereocenters. The molecule has 6 heteroatoms. The molecule has 3 aromatic heterocycles. The van der Waals surface area contributed by atoms with Crippen molar-refractivity contribution in [2.24, 2.45) is 0 Å². The quantitative estimate of drug-likeness (QED) is 0.562. The van der Waals surface area contributed by atoms with Crippen molar-refractivity contribution in [2.75, 3.05) is 11.9 Å². The number of nitrogens with zero attached hydrogens (tertiary/aromatic N) is 5. The minimum Gasteiger partial charge on any atom is -0.327 e. The first-order valence-electron chi connectivity index (χ1n) is 7.47. The van der Waals surface area contributed by atoms with Crippen molar-refractivity contribution in [1.29, 1.82) is 0 Å². The van der Waals surface area contributed by atoms with E-state index in [4.69, 9.17) is 16.7 Å². The molecule has 0 saturated carbocycles. The van der Waals surface area contributed by atoms with E-state index in [9.17, 15) is 0 Å². The zero-order chi connectivity index (χ0) is 16.5. The Bertz CT molecular complexity index is 997. The van der Waals surface area contributed by atoms with Gasteiger partial charge in [0.25, 0.3) is 0 Å². The second-order valence-corrected chi connectivity index (χ2v) is 5.82. The van der Waals surface area contributed by atoms with E-state index >= 15 is 0 Å². The normalized spacial score (nSPS) is 10.9. The lowest BCUT2D eigenvalue weighted by atomic mass is 10.2. The van der Waals surface area contributed by atoms with Gasteiger partial charge < -0.3 is 4.90 Å². The van der Waals surface area contributed by atoms with Crippen LogP contribution in [0.25, 0.3) is 16.9 Å². The fourth-order valence-electron chi connectivity index (χ4n) is 2.57. The molecule has 118 valence electrons. The first kappa shape index (κ1) is 14.7. The van der Waals surface area contributed by atoms with Crippen LogP contribution in [-0.4, -0.2) is 26.6 Å². The maximum absolute atomic E-state index is 6.11. The Balaban J connectivity index is 1.82. The number of imidazole rings is 1. The third-order valence-corrected chi connectivity index (χ3v) is 4.08. The van der Waals surface area contributed by atoms with Gasteiger partial charge in [-0.15, -0.1) is 5.10 Å². The van der Waals surface area contributed by atoms with Crippen LogP contribution >= 0.6 is 11.6 Å². The van der Waals surface area contributed by atoms with Crippen LogP contribution in [0.4, 0.5) is 11.5 Å². The number of rotatable bonds is 3. The van der Waals surface area contributed by atoms with Crippen molar-refractivity contribution in [3.8, 4) is 11.3 Å². The lowest BCUT2D eigenvalue weighted by Crippen LogP contribution is -2.13. The summed E-state index contributed by atoms with van der Waals surface area (Å²) in [6.07, 6.45) is 5.36. The number of benzene rings is 1. The molecule has 0 radical (unpaired) electrons. The lowest BCUT2D eigenvalue weighted by molar-refractivity contribution is 0.919. The van der Waals surface area contributed by atoms with Crippen LogP contribution in [-0.2, 0) is 0 Å². The summed E-state index contributed by atoms with van der Waals surface area (Å²) in [6, 6.07) is 15.5. The molecule has 4 aromatic rings. The van der Waals surface area contributed by atoms with Gasteiger partial charge >= 0.3 is 0 Å². The Morgan fingerprint density at radius 1 is 1.04 bits per heavy atom. The standard InChI is InChI=1S/C18H14ClN5/c1-23(15-6-3-9-20-11-15)18-8-7-17-21-12-16(24(17)22-18)13-4-2-5-14(19)10-13/h2-12H,1H3. The predicted molar refractivity (Wildman–Crippen MR) is 95.7 cm³/mol. The minimum atomic E-state index is 0.686. The number of pyridine rings is 1. The summed E-state index contributed by atoms with van der Waals surface area (Å²) in [6.45, 7) is 0. The van der Waals surface area contributed by atoms with Crippen molar-refractivity contribution in [1.82, 2.24) is 19.6 Å². The SMILES string of the molecule is CN(c1cccnc1)c1ccc2ncc(-c3cccc(Cl)c3)n2n1. The third kappa shape index (κ3) is 2.59. The highest BCUT2D eigenvalue weighted by atomic mass is 35.5. The van der Waals surface area contributed by atoms with Crippen molar-refractivity contribution < 1.29 is 0 Å². The number of hydrogen-bond donors (Lipinski definition) is 0. The summed E-state index contributed by atoms with van der Waals surface area (Å²) < 4.78 is 1.83. The third-order valence-electron chi connectivity index (χ3n) is 3.85. The van der Waals surface area contributed by atoms with Gasteiger partial charge in [0.1, 0.15) is 0 Å². The van der Waals surface area contributed by atoms with Crippen LogP contribution in [0.5, 0.6) is 0 Å². The fraction of sp³-hybridized carbons (Fsp3) is 0.0556. The van der Waals surface area contributed by atoms with E-state index in [0.717, 1.165) is 28.4 Å². The van der Waals surface area contributed by atoms with Crippen LogP contribution in [0.3, 0.4) is 0 Å². The zero-order valence-electron chi connectivity index (χ0n) is 13.0.